The van der Waals surface area contributed by atoms with Gasteiger partial charge in [0.15, 0.2) is 28.4 Å². The van der Waals surface area contributed by atoms with Gasteiger partial charge < -0.3 is 34.1 Å². The molecule has 0 spiro atoms. The van der Waals surface area contributed by atoms with Crippen molar-refractivity contribution in [2.45, 2.75) is 31.6 Å². The highest BCUT2D eigenvalue weighted by Gasteiger charge is 2.46. The summed E-state index contributed by atoms with van der Waals surface area (Å²) in [5.41, 5.74) is 16.8. The van der Waals surface area contributed by atoms with Gasteiger partial charge in [0.25, 0.3) is 5.91 Å². The summed E-state index contributed by atoms with van der Waals surface area (Å²) in [6, 6.07) is 2.33. The second-order valence-electron chi connectivity index (χ2n) is 8.69. The number of fused-ring (bicyclic) bond motifs is 3. The average Bonchev–Trinajstić information content (AvgIpc) is 2.76. The minimum absolute atomic E-state index is 0. The fourth-order valence-corrected chi connectivity index (χ4v) is 4.81. The van der Waals surface area contributed by atoms with Crippen LogP contribution in [-0.2, 0) is 12.7 Å². The molecule has 10 nitrogen and oxygen atoms in total. The molecule has 0 aliphatic carbocycles. The Bertz CT molecular complexity index is 1120. The van der Waals surface area contributed by atoms with E-state index in [1.807, 2.05) is 0 Å². The van der Waals surface area contributed by atoms with E-state index in [2.05, 4.69) is 25.3 Å². The van der Waals surface area contributed by atoms with Crippen molar-refractivity contribution >= 4 is 35.1 Å². The van der Waals surface area contributed by atoms with E-state index < -0.39 is 17.8 Å². The number of hydrogen-bond donors (Lipinski definition) is 4. The molecule has 1 amide bonds. The maximum atomic E-state index is 12.8. The number of quaternary nitrogens is 1. The number of carbonyl (C=O) groups excluding carboxylic acids is 1. The van der Waals surface area contributed by atoms with E-state index in [-0.39, 0.29) is 46.9 Å². The monoisotopic (exact) mass is 533 g/mol. The molecule has 3 aliphatic heterocycles. The van der Waals surface area contributed by atoms with Gasteiger partial charge in [-0.2, -0.15) is 13.2 Å². The zero-order valence-corrected chi connectivity index (χ0v) is 19.9. The number of alkyl halides is 3. The molecule has 35 heavy (non-hydrogen) atoms. The Balaban J connectivity index is 0.00000342. The van der Waals surface area contributed by atoms with Crippen LogP contribution in [0.25, 0.3) is 0 Å². The van der Waals surface area contributed by atoms with Crippen molar-refractivity contribution in [2.24, 2.45) is 16.6 Å². The molecule has 2 bridgehead atoms. The summed E-state index contributed by atoms with van der Waals surface area (Å²) in [6.07, 6.45) is -1.39. The van der Waals surface area contributed by atoms with Crippen LogP contribution in [0.3, 0.4) is 0 Å². The van der Waals surface area contributed by atoms with Crippen LogP contribution < -0.4 is 34.9 Å². The first-order valence-electron chi connectivity index (χ1n) is 10.6. The molecule has 7 N–H and O–H groups in total. The van der Waals surface area contributed by atoms with Gasteiger partial charge in [-0.3, -0.25) is 15.1 Å². The summed E-state index contributed by atoms with van der Waals surface area (Å²) >= 11 is 5.82. The van der Waals surface area contributed by atoms with Crippen molar-refractivity contribution in [3.63, 3.8) is 0 Å². The highest BCUT2D eigenvalue weighted by molar-refractivity contribution is 6.31. The van der Waals surface area contributed by atoms with E-state index in [1.54, 1.807) is 0 Å². The van der Waals surface area contributed by atoms with Crippen LogP contribution in [0.4, 0.5) is 24.8 Å². The summed E-state index contributed by atoms with van der Waals surface area (Å²) in [4.78, 5) is 28.2. The normalized spacial score (nSPS) is 24.1. The molecule has 0 aromatic carbocycles. The minimum atomic E-state index is -4.47. The summed E-state index contributed by atoms with van der Waals surface area (Å²) in [7, 11) is 0. The van der Waals surface area contributed by atoms with Gasteiger partial charge in [-0.15, -0.1) is 0 Å². The summed E-state index contributed by atoms with van der Waals surface area (Å²) in [5.74, 6) is -0.787. The lowest BCUT2D eigenvalue weighted by molar-refractivity contribution is -0.955. The van der Waals surface area contributed by atoms with Crippen LogP contribution in [0, 0.1) is 5.92 Å². The molecular formula is C20H24Cl2F3N9O. The third-order valence-corrected chi connectivity index (χ3v) is 6.64. The highest BCUT2D eigenvalue weighted by Crippen LogP contribution is 2.37. The Morgan fingerprint density at radius 3 is 2.49 bits per heavy atom. The molecule has 3 fully saturated rings. The topological polar surface area (TPSA) is 158 Å². The number of carbonyl (C=O) groups is 1. The Morgan fingerprint density at radius 1 is 1.20 bits per heavy atom. The van der Waals surface area contributed by atoms with Crippen molar-refractivity contribution < 1.29 is 34.9 Å². The maximum absolute atomic E-state index is 12.8. The first-order chi connectivity index (χ1) is 16.0. The van der Waals surface area contributed by atoms with E-state index in [1.165, 1.54) is 12.3 Å². The number of amides is 1. The number of aliphatic imine (C=N–C) groups is 1. The van der Waals surface area contributed by atoms with Crippen LogP contribution >= 0.6 is 11.6 Å². The van der Waals surface area contributed by atoms with E-state index in [9.17, 15) is 18.0 Å². The first kappa shape index (κ1) is 26.7. The average molecular weight is 534 g/mol. The quantitative estimate of drug-likeness (QED) is 0.213. The van der Waals surface area contributed by atoms with Gasteiger partial charge >= 0.3 is 6.18 Å². The molecule has 0 saturated carbocycles. The number of rotatable bonds is 4. The van der Waals surface area contributed by atoms with Crippen LogP contribution in [0.15, 0.2) is 23.3 Å². The SMILES string of the molecule is NC(=N[C@@H]1C[N+]2(Cc3ccc(C(F)(F)F)nc3)CCC1CC2)NC(=O)c1nc(Cl)c(N)nc1N.[Cl-]. The zero-order valence-electron chi connectivity index (χ0n) is 18.4. The Hall–Kier alpha value is -2.90. The number of nitrogens with one attached hydrogen (secondary N) is 1. The van der Waals surface area contributed by atoms with Crippen molar-refractivity contribution in [3.8, 4) is 0 Å². The van der Waals surface area contributed by atoms with Crippen molar-refractivity contribution in [2.75, 3.05) is 31.1 Å². The molecule has 5 heterocycles. The van der Waals surface area contributed by atoms with E-state index in [0.717, 1.165) is 37.6 Å². The molecule has 3 saturated heterocycles. The molecule has 2 aromatic rings. The molecule has 1 atom stereocenters. The lowest BCUT2D eigenvalue weighted by Gasteiger charge is -2.51. The maximum Gasteiger partial charge on any atom is 0.433 e. The third-order valence-electron chi connectivity index (χ3n) is 6.37. The molecule has 15 heteroatoms. The number of halogens is 5. The van der Waals surface area contributed by atoms with Crippen LogP contribution in [0.1, 0.15) is 34.6 Å². The zero-order chi connectivity index (χ0) is 24.7. The Kier molecular flexibility index (Phi) is 7.62. The number of anilines is 2. The van der Waals surface area contributed by atoms with E-state index in [4.69, 9.17) is 28.8 Å². The summed E-state index contributed by atoms with van der Waals surface area (Å²) in [5, 5.41) is 2.30. The van der Waals surface area contributed by atoms with Crippen molar-refractivity contribution in [1.29, 1.82) is 0 Å². The minimum Gasteiger partial charge on any atom is -1.00 e. The number of hydrogen-bond acceptors (Lipinski definition) is 7. The molecule has 0 radical (unpaired) electrons. The molecule has 3 aliphatic rings. The van der Waals surface area contributed by atoms with Gasteiger partial charge in [0.1, 0.15) is 24.8 Å². The van der Waals surface area contributed by atoms with Gasteiger partial charge in [-0.05, 0) is 18.1 Å². The smallest absolute Gasteiger partial charge is 0.433 e. The number of pyridine rings is 1. The molecule has 0 unspecified atom stereocenters. The second kappa shape index (κ2) is 9.99. The fourth-order valence-electron chi connectivity index (χ4n) is 4.69. The van der Waals surface area contributed by atoms with E-state index in [0.29, 0.717) is 23.5 Å². The second-order valence-corrected chi connectivity index (χ2v) is 9.04. The number of nitrogens with two attached hydrogens (primary N) is 3. The third kappa shape index (κ3) is 5.85. The van der Waals surface area contributed by atoms with Crippen LogP contribution in [0.2, 0.25) is 5.15 Å². The van der Waals surface area contributed by atoms with Gasteiger partial charge in [-0.1, -0.05) is 11.6 Å². The Labute approximate surface area is 210 Å². The Morgan fingerprint density at radius 2 is 1.89 bits per heavy atom. The molecule has 2 aromatic heterocycles. The predicted octanol–water partition coefficient (Wildman–Crippen LogP) is -1.43. The number of aromatic nitrogens is 3. The molecular weight excluding hydrogens is 510 g/mol. The molecule has 190 valence electrons. The first-order valence-corrected chi connectivity index (χ1v) is 10.9. The van der Waals surface area contributed by atoms with Gasteiger partial charge in [0, 0.05) is 24.6 Å². The standard InChI is InChI=1S/C20H23ClF3N9O.ClH/c21-15-17(26)31-16(25)14(30-15)18(34)32-19(27)29-12-9-33(5-3-11(12)4-6-33)8-10-1-2-13(28-7-10)20(22,23)24;/h1-2,7,11-12H,3-6,8-9H2,(H6-,25,26,27,29,31,32,34);1H/t11?,12-,33?;/m1./s1. The molecule has 5 rings (SSSR count). The summed E-state index contributed by atoms with van der Waals surface area (Å²) < 4.78 is 39.1. The largest absolute Gasteiger partial charge is 1.00 e. The van der Waals surface area contributed by atoms with Gasteiger partial charge in [-0.25, -0.2) is 15.0 Å². The highest BCUT2D eigenvalue weighted by atomic mass is 35.5. The van der Waals surface area contributed by atoms with Crippen LogP contribution in [0.5, 0.6) is 0 Å². The number of nitrogen functional groups attached to an aromatic ring is 2. The van der Waals surface area contributed by atoms with Gasteiger partial charge in [0.05, 0.1) is 13.1 Å². The van der Waals surface area contributed by atoms with E-state index >= 15 is 0 Å². The van der Waals surface area contributed by atoms with Crippen molar-refractivity contribution in [3.05, 3.63) is 40.4 Å². The lowest BCUT2D eigenvalue weighted by atomic mass is 9.81. The number of nitrogens with zero attached hydrogens (tertiary/aromatic N) is 5. The lowest BCUT2D eigenvalue weighted by Crippen LogP contribution is -3.00. The number of piperidine rings is 3. The van der Waals surface area contributed by atoms with Crippen LogP contribution in [-0.4, -0.2) is 57.0 Å². The fraction of sp³-hybridized carbons (Fsp3) is 0.450. The van der Waals surface area contributed by atoms with Crippen molar-refractivity contribution in [1.82, 2.24) is 20.3 Å². The summed E-state index contributed by atoms with van der Waals surface area (Å²) in [6.45, 7) is 2.98. The van der Waals surface area contributed by atoms with Gasteiger partial charge in [0.2, 0.25) is 0 Å². The predicted molar refractivity (Wildman–Crippen MR) is 119 cm³/mol. The number of guanidine groups is 1.